The van der Waals surface area contributed by atoms with Crippen molar-refractivity contribution < 1.29 is 9.90 Å². The zero-order valence-corrected chi connectivity index (χ0v) is 6.32. The van der Waals surface area contributed by atoms with E-state index in [1.807, 2.05) is 13.0 Å². The Morgan fingerprint density at radius 1 is 1.73 bits per heavy atom. The van der Waals surface area contributed by atoms with Gasteiger partial charge in [-0.25, -0.2) is 0 Å². The summed E-state index contributed by atoms with van der Waals surface area (Å²) < 4.78 is 0. The molecule has 0 unspecified atom stereocenters. The first-order valence-electron chi connectivity index (χ1n) is 3.54. The summed E-state index contributed by atoms with van der Waals surface area (Å²) in [4.78, 5) is 10.4. The zero-order valence-electron chi connectivity index (χ0n) is 6.32. The van der Waals surface area contributed by atoms with Crippen LogP contribution in [0.4, 0.5) is 0 Å². The molecule has 0 aliphatic carbocycles. The van der Waals surface area contributed by atoms with Crippen LogP contribution in [0.1, 0.15) is 6.92 Å². The van der Waals surface area contributed by atoms with Gasteiger partial charge in [-0.05, 0) is 6.92 Å². The molecule has 1 heterocycles. The van der Waals surface area contributed by atoms with Crippen LogP contribution < -0.4 is 11.1 Å². The summed E-state index contributed by atoms with van der Waals surface area (Å²) in [5.74, 6) is -0.971. The highest BCUT2D eigenvalue weighted by atomic mass is 16.4. The van der Waals surface area contributed by atoms with Gasteiger partial charge in [-0.15, -0.1) is 0 Å². The van der Waals surface area contributed by atoms with Crippen molar-refractivity contribution in [2.75, 3.05) is 0 Å². The molecular formula is C7H12N2O2. The summed E-state index contributed by atoms with van der Waals surface area (Å²) in [6, 6.07) is -0.830. The summed E-state index contributed by atoms with van der Waals surface area (Å²) >= 11 is 0. The molecule has 4 heteroatoms. The Morgan fingerprint density at radius 2 is 2.36 bits per heavy atom. The number of nitrogens with one attached hydrogen (secondary N) is 1. The molecule has 1 aliphatic heterocycles. The van der Waals surface area contributed by atoms with E-state index in [1.54, 1.807) is 6.08 Å². The van der Waals surface area contributed by atoms with Crippen molar-refractivity contribution in [3.05, 3.63) is 12.2 Å². The molecule has 0 radical (unpaired) electrons. The van der Waals surface area contributed by atoms with E-state index in [1.165, 1.54) is 0 Å². The number of carboxylic acid groups (broad SMARTS) is 1. The van der Waals surface area contributed by atoms with E-state index >= 15 is 0 Å². The summed E-state index contributed by atoms with van der Waals surface area (Å²) in [5, 5.41) is 11.5. The third kappa shape index (κ3) is 1.78. The van der Waals surface area contributed by atoms with Crippen molar-refractivity contribution in [2.45, 2.75) is 25.0 Å². The lowest BCUT2D eigenvalue weighted by molar-refractivity contribution is -0.138. The molecule has 0 spiro atoms. The highest BCUT2D eigenvalue weighted by Crippen LogP contribution is 2.04. The van der Waals surface area contributed by atoms with E-state index in [9.17, 15) is 4.79 Å². The number of carbonyl (C=O) groups is 1. The van der Waals surface area contributed by atoms with Crippen molar-refractivity contribution >= 4 is 5.97 Å². The summed E-state index contributed by atoms with van der Waals surface area (Å²) in [5.41, 5.74) is 5.37. The van der Waals surface area contributed by atoms with Crippen LogP contribution in [-0.2, 0) is 4.79 Å². The average molecular weight is 156 g/mol. The first-order chi connectivity index (χ1) is 5.11. The third-order valence-corrected chi connectivity index (χ3v) is 1.73. The van der Waals surface area contributed by atoms with Gasteiger partial charge in [0.15, 0.2) is 0 Å². The van der Waals surface area contributed by atoms with E-state index < -0.39 is 12.0 Å². The van der Waals surface area contributed by atoms with Gasteiger partial charge < -0.3 is 16.2 Å². The molecule has 0 aromatic carbocycles. The van der Waals surface area contributed by atoms with E-state index in [0.717, 1.165) is 0 Å². The second kappa shape index (κ2) is 3.02. The molecule has 0 bridgehead atoms. The van der Waals surface area contributed by atoms with E-state index in [4.69, 9.17) is 10.8 Å². The van der Waals surface area contributed by atoms with Gasteiger partial charge in [0.25, 0.3) is 0 Å². The number of carboxylic acids is 1. The first kappa shape index (κ1) is 8.23. The molecule has 0 saturated carbocycles. The Hall–Kier alpha value is -0.870. The topological polar surface area (TPSA) is 75.4 Å². The standard InChI is InChI=1S/C7H12N2O2/c1-4-2-3-5(9-4)6(8)7(10)11/h2-6,9H,8H2,1H3,(H,10,11)/t4-,5+,6-/m0/s1. The van der Waals surface area contributed by atoms with Crippen molar-refractivity contribution in [3.8, 4) is 0 Å². The minimum Gasteiger partial charge on any atom is -0.480 e. The van der Waals surface area contributed by atoms with Gasteiger partial charge in [0.2, 0.25) is 0 Å². The van der Waals surface area contributed by atoms with Gasteiger partial charge in [-0.3, -0.25) is 4.79 Å². The van der Waals surface area contributed by atoms with Crippen molar-refractivity contribution in [1.82, 2.24) is 5.32 Å². The molecule has 11 heavy (non-hydrogen) atoms. The average Bonchev–Trinajstić information content (AvgIpc) is 2.34. The molecule has 4 nitrogen and oxygen atoms in total. The molecule has 0 aromatic heterocycles. The van der Waals surface area contributed by atoms with Crippen LogP contribution >= 0.6 is 0 Å². The number of nitrogens with two attached hydrogens (primary N) is 1. The van der Waals surface area contributed by atoms with Gasteiger partial charge in [-0.2, -0.15) is 0 Å². The van der Waals surface area contributed by atoms with Crippen molar-refractivity contribution in [2.24, 2.45) is 5.73 Å². The van der Waals surface area contributed by atoms with Crippen molar-refractivity contribution in [3.63, 3.8) is 0 Å². The maximum atomic E-state index is 10.4. The molecule has 1 rings (SSSR count). The van der Waals surface area contributed by atoms with Gasteiger partial charge in [-0.1, -0.05) is 12.2 Å². The van der Waals surface area contributed by atoms with Crippen LogP contribution in [0, 0.1) is 0 Å². The lowest BCUT2D eigenvalue weighted by Gasteiger charge is -2.15. The number of aliphatic carboxylic acids is 1. The Labute approximate surface area is 65.1 Å². The maximum Gasteiger partial charge on any atom is 0.322 e. The highest BCUT2D eigenvalue weighted by Gasteiger charge is 2.25. The quantitative estimate of drug-likeness (QED) is 0.463. The molecule has 4 N–H and O–H groups in total. The van der Waals surface area contributed by atoms with Crippen LogP contribution in [0.25, 0.3) is 0 Å². The number of hydrogen-bond donors (Lipinski definition) is 3. The second-order valence-corrected chi connectivity index (χ2v) is 2.73. The largest absolute Gasteiger partial charge is 0.480 e. The van der Waals surface area contributed by atoms with Crippen LogP contribution in [0.5, 0.6) is 0 Å². The summed E-state index contributed by atoms with van der Waals surface area (Å²) in [7, 11) is 0. The third-order valence-electron chi connectivity index (χ3n) is 1.73. The van der Waals surface area contributed by atoms with Crippen LogP contribution in [-0.4, -0.2) is 29.2 Å². The first-order valence-corrected chi connectivity index (χ1v) is 3.54. The fourth-order valence-electron chi connectivity index (χ4n) is 1.08. The Bertz CT molecular complexity index is 191. The van der Waals surface area contributed by atoms with Crippen LogP contribution in [0.15, 0.2) is 12.2 Å². The van der Waals surface area contributed by atoms with E-state index in [0.29, 0.717) is 0 Å². The summed E-state index contributed by atoms with van der Waals surface area (Å²) in [6.45, 7) is 1.95. The molecule has 0 fully saturated rings. The number of rotatable bonds is 2. The zero-order chi connectivity index (χ0) is 8.43. The second-order valence-electron chi connectivity index (χ2n) is 2.73. The van der Waals surface area contributed by atoms with Crippen LogP contribution in [0.3, 0.4) is 0 Å². The molecule has 0 saturated heterocycles. The fourth-order valence-corrected chi connectivity index (χ4v) is 1.08. The fraction of sp³-hybridized carbons (Fsp3) is 0.571. The Kier molecular flexibility index (Phi) is 2.26. The normalized spacial score (nSPS) is 32.2. The van der Waals surface area contributed by atoms with E-state index in [-0.39, 0.29) is 12.1 Å². The molecule has 1 aliphatic rings. The molecule has 0 aromatic rings. The molecule has 62 valence electrons. The van der Waals surface area contributed by atoms with Gasteiger partial charge >= 0.3 is 5.97 Å². The van der Waals surface area contributed by atoms with Gasteiger partial charge in [0.05, 0.1) is 6.04 Å². The van der Waals surface area contributed by atoms with Gasteiger partial charge in [0.1, 0.15) is 6.04 Å². The number of hydrogen-bond acceptors (Lipinski definition) is 3. The lowest BCUT2D eigenvalue weighted by atomic mass is 10.1. The minimum atomic E-state index is -0.971. The molecule has 3 atom stereocenters. The lowest BCUT2D eigenvalue weighted by Crippen LogP contribution is -2.48. The van der Waals surface area contributed by atoms with Crippen LogP contribution in [0.2, 0.25) is 0 Å². The predicted octanol–water partition coefficient (Wildman–Crippen LogP) is -0.685. The van der Waals surface area contributed by atoms with E-state index in [2.05, 4.69) is 5.32 Å². The monoisotopic (exact) mass is 156 g/mol. The SMILES string of the molecule is C[C@H]1C=C[C@H]([C@H](N)C(=O)O)N1. The predicted molar refractivity (Wildman–Crippen MR) is 41.1 cm³/mol. The Balaban J connectivity index is 2.51. The van der Waals surface area contributed by atoms with Gasteiger partial charge in [0, 0.05) is 6.04 Å². The highest BCUT2D eigenvalue weighted by molar-refractivity contribution is 5.74. The van der Waals surface area contributed by atoms with Crippen molar-refractivity contribution in [1.29, 1.82) is 0 Å². The molecule has 0 amide bonds. The summed E-state index contributed by atoms with van der Waals surface area (Å²) in [6.07, 6.45) is 3.71. The molecular weight excluding hydrogens is 144 g/mol. The smallest absolute Gasteiger partial charge is 0.322 e. The maximum absolute atomic E-state index is 10.4. The minimum absolute atomic E-state index is 0.220. The Morgan fingerprint density at radius 3 is 2.73 bits per heavy atom.